The first-order valence-electron chi connectivity index (χ1n) is 8.09. The zero-order valence-corrected chi connectivity index (χ0v) is 16.8. The Morgan fingerprint density at radius 1 is 1.17 bits per heavy atom. The number of hydrogen-bond acceptors (Lipinski definition) is 6. The number of hydrogen-bond donors (Lipinski definition) is 0. The van der Waals surface area contributed by atoms with Gasteiger partial charge < -0.3 is 0 Å². The van der Waals surface area contributed by atoms with Gasteiger partial charge in [-0.3, -0.25) is 14.1 Å². The third-order valence-corrected chi connectivity index (χ3v) is 7.65. The van der Waals surface area contributed by atoms with Crippen LogP contribution in [0.5, 0.6) is 0 Å². The Kier molecular flexibility index (Phi) is 4.98. The number of pyridine rings is 1. The van der Waals surface area contributed by atoms with Crippen LogP contribution in [0.2, 0.25) is 0 Å². The molecule has 0 saturated heterocycles. The number of halogens is 3. The minimum Gasteiger partial charge on any atom is -0.291 e. The zero-order chi connectivity index (χ0) is 21.8. The van der Waals surface area contributed by atoms with E-state index < -0.39 is 59.6 Å². The van der Waals surface area contributed by atoms with Crippen molar-refractivity contribution in [2.75, 3.05) is 17.6 Å². The second kappa shape index (κ2) is 6.80. The number of carbonyl (C=O) groups is 1. The van der Waals surface area contributed by atoms with E-state index in [2.05, 4.69) is 4.98 Å². The Morgan fingerprint density at radius 2 is 1.83 bits per heavy atom. The lowest BCUT2D eigenvalue weighted by molar-refractivity contribution is -0.137. The molecule has 12 heteroatoms. The summed E-state index contributed by atoms with van der Waals surface area (Å²) in [5.41, 5.74) is -3.21. The molecular formula is C17H15F3N2O5S2. The zero-order valence-electron chi connectivity index (χ0n) is 15.1. The Hall–Kier alpha value is -2.47. The van der Waals surface area contributed by atoms with Crippen molar-refractivity contribution >= 4 is 31.3 Å². The third-order valence-electron chi connectivity index (χ3n) is 4.56. The van der Waals surface area contributed by atoms with Crippen LogP contribution in [-0.2, 0) is 31.8 Å². The van der Waals surface area contributed by atoms with E-state index in [1.54, 1.807) is 0 Å². The van der Waals surface area contributed by atoms with Gasteiger partial charge in [0.1, 0.15) is 5.69 Å². The summed E-state index contributed by atoms with van der Waals surface area (Å²) in [6.45, 7) is 0. The molecule has 7 nitrogen and oxygen atoms in total. The summed E-state index contributed by atoms with van der Waals surface area (Å²) >= 11 is 0. The van der Waals surface area contributed by atoms with Crippen molar-refractivity contribution in [1.29, 1.82) is 0 Å². The highest BCUT2D eigenvalue weighted by molar-refractivity contribution is 7.92. The molecule has 0 aliphatic carbocycles. The van der Waals surface area contributed by atoms with Crippen molar-refractivity contribution in [2.45, 2.75) is 17.2 Å². The van der Waals surface area contributed by atoms with E-state index in [0.29, 0.717) is 10.6 Å². The van der Waals surface area contributed by atoms with Crippen LogP contribution < -0.4 is 4.31 Å². The molecule has 3 rings (SSSR count). The quantitative estimate of drug-likeness (QED) is 0.715. The fraction of sp³-hybridized carbons (Fsp3) is 0.294. The van der Waals surface area contributed by atoms with Crippen LogP contribution in [0, 0.1) is 0 Å². The summed E-state index contributed by atoms with van der Waals surface area (Å²) in [7, 11) is -7.53. The Morgan fingerprint density at radius 3 is 2.41 bits per heavy atom. The SMILES string of the molecule is CN(c1cccc(C2C(=O)c3ncccc3CS2(=O)=O)c1C(F)(F)F)S(C)(=O)=O. The van der Waals surface area contributed by atoms with Gasteiger partial charge in [-0.15, -0.1) is 0 Å². The molecule has 0 fully saturated rings. The Bertz CT molecular complexity index is 1210. The molecule has 1 aromatic carbocycles. The maximum Gasteiger partial charge on any atom is 0.418 e. The standard InChI is InChI=1S/C17H15F3N2O5S2/c1-22(28(2,24)25)12-7-3-6-11(13(12)17(18,19)20)16-15(23)14-10(5-4-8-21-14)9-29(16,26)27/h3-8,16H,9H2,1-2H3. The van der Waals surface area contributed by atoms with E-state index >= 15 is 0 Å². The first-order valence-corrected chi connectivity index (χ1v) is 11.6. The smallest absolute Gasteiger partial charge is 0.291 e. The second-order valence-corrected chi connectivity index (χ2v) is 10.6. The molecule has 2 aromatic rings. The van der Waals surface area contributed by atoms with Gasteiger partial charge in [0.2, 0.25) is 15.8 Å². The number of fused-ring (bicyclic) bond motifs is 1. The van der Waals surface area contributed by atoms with E-state index in [1.165, 1.54) is 18.3 Å². The van der Waals surface area contributed by atoms with E-state index in [4.69, 9.17) is 0 Å². The maximum absolute atomic E-state index is 13.9. The number of anilines is 1. The highest BCUT2D eigenvalue weighted by Crippen LogP contribution is 2.45. The van der Waals surface area contributed by atoms with Gasteiger partial charge in [-0.2, -0.15) is 13.2 Å². The largest absolute Gasteiger partial charge is 0.418 e. The van der Waals surface area contributed by atoms with Gasteiger partial charge in [0.25, 0.3) is 0 Å². The molecule has 0 amide bonds. The Labute approximate surface area is 165 Å². The van der Waals surface area contributed by atoms with Crippen molar-refractivity contribution in [3.63, 3.8) is 0 Å². The number of sulfonamides is 1. The van der Waals surface area contributed by atoms with Crippen LogP contribution in [0.15, 0.2) is 36.5 Å². The first kappa shape index (κ1) is 21.2. The molecule has 156 valence electrons. The maximum atomic E-state index is 13.9. The molecule has 1 aromatic heterocycles. The van der Waals surface area contributed by atoms with Crippen LogP contribution in [-0.4, -0.2) is 40.9 Å². The summed E-state index contributed by atoms with van der Waals surface area (Å²) < 4.78 is 91.4. The van der Waals surface area contributed by atoms with E-state index in [9.17, 15) is 34.8 Å². The van der Waals surface area contributed by atoms with Gasteiger partial charge in [-0.1, -0.05) is 18.2 Å². The number of ketones is 1. The van der Waals surface area contributed by atoms with Crippen LogP contribution in [0.25, 0.3) is 0 Å². The van der Waals surface area contributed by atoms with Crippen molar-refractivity contribution in [3.05, 3.63) is 58.9 Å². The van der Waals surface area contributed by atoms with Crippen LogP contribution in [0.1, 0.15) is 32.4 Å². The number of carbonyl (C=O) groups excluding carboxylic acids is 1. The van der Waals surface area contributed by atoms with Gasteiger partial charge in [0.05, 0.1) is 23.3 Å². The molecule has 2 heterocycles. The van der Waals surface area contributed by atoms with Gasteiger partial charge in [0.15, 0.2) is 15.1 Å². The molecule has 0 N–H and O–H groups in total. The molecule has 1 atom stereocenters. The highest BCUT2D eigenvalue weighted by atomic mass is 32.2. The van der Waals surface area contributed by atoms with Crippen molar-refractivity contribution < 1.29 is 34.8 Å². The third kappa shape index (κ3) is 3.73. The highest BCUT2D eigenvalue weighted by Gasteiger charge is 2.47. The van der Waals surface area contributed by atoms with E-state index in [0.717, 1.165) is 25.2 Å². The molecule has 1 unspecified atom stereocenters. The predicted octanol–water partition coefficient (Wildman–Crippen LogP) is 2.35. The fourth-order valence-corrected chi connectivity index (χ4v) is 5.59. The lowest BCUT2D eigenvalue weighted by atomic mass is 9.96. The van der Waals surface area contributed by atoms with Gasteiger partial charge in [-0.25, -0.2) is 16.8 Å². The molecule has 0 spiro atoms. The predicted molar refractivity (Wildman–Crippen MR) is 98.6 cm³/mol. The summed E-state index contributed by atoms with van der Waals surface area (Å²) in [6, 6.07) is 5.64. The second-order valence-electron chi connectivity index (χ2n) is 6.53. The van der Waals surface area contributed by atoms with Gasteiger partial charge in [-0.05, 0) is 23.3 Å². The monoisotopic (exact) mass is 448 g/mol. The molecular weight excluding hydrogens is 433 g/mol. The molecule has 29 heavy (non-hydrogen) atoms. The normalized spacial score (nSPS) is 18.9. The lowest BCUT2D eigenvalue weighted by Gasteiger charge is -2.28. The number of aromatic nitrogens is 1. The van der Waals surface area contributed by atoms with Crippen molar-refractivity contribution in [1.82, 2.24) is 4.98 Å². The molecule has 0 saturated carbocycles. The average Bonchev–Trinajstić information content (AvgIpc) is 2.58. The minimum atomic E-state index is -5.12. The number of Topliss-reactive ketones (excluding diaryl/α,β-unsaturated/α-hetero) is 1. The number of nitrogens with zero attached hydrogens (tertiary/aromatic N) is 2. The molecule has 1 aliphatic heterocycles. The van der Waals surface area contributed by atoms with E-state index in [-0.39, 0.29) is 11.3 Å². The Balaban J connectivity index is 2.33. The molecule has 0 radical (unpaired) electrons. The average molecular weight is 448 g/mol. The topological polar surface area (TPSA) is 101 Å². The fourth-order valence-electron chi connectivity index (χ4n) is 3.22. The van der Waals surface area contributed by atoms with Crippen molar-refractivity contribution in [3.8, 4) is 0 Å². The summed E-state index contributed by atoms with van der Waals surface area (Å²) in [4.78, 5) is 16.7. The number of sulfone groups is 1. The summed E-state index contributed by atoms with van der Waals surface area (Å²) in [6.07, 6.45) is -3.17. The van der Waals surface area contributed by atoms with Crippen LogP contribution in [0.3, 0.4) is 0 Å². The van der Waals surface area contributed by atoms with Crippen molar-refractivity contribution in [2.24, 2.45) is 0 Å². The minimum absolute atomic E-state index is 0.103. The van der Waals surface area contributed by atoms with E-state index in [1.807, 2.05) is 0 Å². The van der Waals surface area contributed by atoms with Crippen LogP contribution in [0.4, 0.5) is 18.9 Å². The number of alkyl halides is 3. The number of benzene rings is 1. The summed E-state index contributed by atoms with van der Waals surface area (Å²) in [5, 5.41) is -2.14. The first-order chi connectivity index (χ1) is 13.2. The number of rotatable bonds is 3. The molecule has 0 bridgehead atoms. The van der Waals surface area contributed by atoms with Gasteiger partial charge >= 0.3 is 6.18 Å². The lowest BCUT2D eigenvalue weighted by Crippen LogP contribution is -2.34. The van der Waals surface area contributed by atoms with Crippen LogP contribution >= 0.6 is 0 Å². The summed E-state index contributed by atoms with van der Waals surface area (Å²) in [5.74, 6) is -1.74. The van der Waals surface area contributed by atoms with Gasteiger partial charge in [0, 0.05) is 13.2 Å². The molecule has 1 aliphatic rings.